The zero-order valence-corrected chi connectivity index (χ0v) is 12.3. The Morgan fingerprint density at radius 2 is 1.71 bits per heavy atom. The van der Waals surface area contributed by atoms with E-state index in [0.29, 0.717) is 18.4 Å². The molecule has 0 radical (unpaired) electrons. The molecule has 1 atom stereocenters. The molecular weight excluding hydrogens is 270 g/mol. The molecule has 112 valence electrons. The van der Waals surface area contributed by atoms with Gasteiger partial charge in [0.05, 0.1) is 0 Å². The van der Waals surface area contributed by atoms with Crippen LogP contribution in [0.3, 0.4) is 0 Å². The molecule has 1 unspecified atom stereocenters. The van der Waals surface area contributed by atoms with Crippen LogP contribution in [-0.2, 0) is 12.8 Å². The van der Waals surface area contributed by atoms with Gasteiger partial charge in [-0.15, -0.1) is 0 Å². The van der Waals surface area contributed by atoms with Crippen LogP contribution in [0.25, 0.3) is 0 Å². The predicted octanol–water partition coefficient (Wildman–Crippen LogP) is 3.20. The van der Waals surface area contributed by atoms with Gasteiger partial charge in [-0.05, 0) is 61.6 Å². The topological polar surface area (TPSA) is 38.0 Å². The molecule has 0 aliphatic heterocycles. The molecule has 0 aliphatic rings. The Labute approximate surface area is 124 Å². The van der Waals surface area contributed by atoms with Crippen molar-refractivity contribution in [2.45, 2.75) is 32.7 Å². The molecule has 2 aromatic carbocycles. The summed E-state index contributed by atoms with van der Waals surface area (Å²) in [7, 11) is 0. The average Bonchev–Trinajstić information content (AvgIpc) is 2.45. The van der Waals surface area contributed by atoms with Gasteiger partial charge in [-0.3, -0.25) is 11.3 Å². The summed E-state index contributed by atoms with van der Waals surface area (Å²) in [6, 6.07) is 9.55. The molecule has 0 heterocycles. The van der Waals surface area contributed by atoms with E-state index in [-0.39, 0.29) is 6.04 Å². The minimum atomic E-state index is -0.436. The number of hydrogen-bond acceptors (Lipinski definition) is 2. The van der Waals surface area contributed by atoms with Crippen LogP contribution in [0.1, 0.15) is 22.3 Å². The van der Waals surface area contributed by atoms with E-state index in [1.54, 1.807) is 0 Å². The summed E-state index contributed by atoms with van der Waals surface area (Å²) in [6.07, 6.45) is 1.01. The third-order valence-electron chi connectivity index (χ3n) is 3.68. The van der Waals surface area contributed by atoms with Gasteiger partial charge in [0.1, 0.15) is 11.6 Å². The lowest BCUT2D eigenvalue weighted by molar-refractivity contribution is 0.501. The number of halogens is 2. The lowest BCUT2D eigenvalue weighted by Gasteiger charge is -2.18. The van der Waals surface area contributed by atoms with E-state index < -0.39 is 11.6 Å². The number of hydrogen-bond donors (Lipinski definition) is 2. The lowest BCUT2D eigenvalue weighted by Crippen LogP contribution is -2.38. The second kappa shape index (κ2) is 6.78. The summed E-state index contributed by atoms with van der Waals surface area (Å²) < 4.78 is 26.9. The smallest absolute Gasteiger partial charge is 0.126 e. The highest BCUT2D eigenvalue weighted by atomic mass is 19.1. The number of nitrogens with one attached hydrogen (secondary N) is 1. The van der Waals surface area contributed by atoms with Gasteiger partial charge in [0.15, 0.2) is 0 Å². The molecule has 0 bridgehead atoms. The Bertz CT molecular complexity index is 573. The molecule has 2 aromatic rings. The fourth-order valence-electron chi connectivity index (χ4n) is 2.44. The monoisotopic (exact) mass is 290 g/mol. The maximum absolute atomic E-state index is 13.7. The van der Waals surface area contributed by atoms with Crippen molar-refractivity contribution in [1.29, 1.82) is 0 Å². The second-order valence-corrected chi connectivity index (χ2v) is 5.44. The summed E-state index contributed by atoms with van der Waals surface area (Å²) in [5, 5.41) is 0. The Morgan fingerprint density at radius 1 is 1.00 bits per heavy atom. The fraction of sp³-hybridized carbons (Fsp3) is 0.294. The summed E-state index contributed by atoms with van der Waals surface area (Å²) in [5.74, 6) is 4.74. The van der Waals surface area contributed by atoms with Gasteiger partial charge < -0.3 is 0 Å². The molecule has 3 N–H and O–H groups in total. The van der Waals surface area contributed by atoms with Crippen LogP contribution in [-0.4, -0.2) is 6.04 Å². The molecule has 4 heteroatoms. The van der Waals surface area contributed by atoms with Gasteiger partial charge in [-0.25, -0.2) is 8.78 Å². The molecule has 0 saturated carbocycles. The van der Waals surface area contributed by atoms with Crippen molar-refractivity contribution in [3.8, 4) is 0 Å². The molecule has 21 heavy (non-hydrogen) atoms. The highest BCUT2D eigenvalue weighted by molar-refractivity contribution is 5.31. The molecule has 0 fully saturated rings. The van der Waals surface area contributed by atoms with E-state index in [9.17, 15) is 8.78 Å². The summed E-state index contributed by atoms with van der Waals surface area (Å²) in [4.78, 5) is 0. The Kier molecular flexibility index (Phi) is 5.04. The van der Waals surface area contributed by atoms with Crippen molar-refractivity contribution >= 4 is 0 Å². The molecule has 2 rings (SSSR count). The molecule has 0 aromatic heterocycles. The average molecular weight is 290 g/mol. The number of aryl methyl sites for hydroxylation is 2. The minimum absolute atomic E-state index is 0.151. The van der Waals surface area contributed by atoms with E-state index in [4.69, 9.17) is 5.84 Å². The summed E-state index contributed by atoms with van der Waals surface area (Å²) in [6.45, 7) is 4.06. The summed E-state index contributed by atoms with van der Waals surface area (Å²) in [5.41, 5.74) is 6.54. The van der Waals surface area contributed by atoms with Gasteiger partial charge >= 0.3 is 0 Å². The zero-order valence-electron chi connectivity index (χ0n) is 12.3. The number of nitrogens with two attached hydrogens (primary N) is 1. The Hall–Kier alpha value is -1.78. The van der Waals surface area contributed by atoms with Gasteiger partial charge in [-0.1, -0.05) is 23.8 Å². The first kappa shape index (κ1) is 15.6. The third-order valence-corrected chi connectivity index (χ3v) is 3.68. The first-order chi connectivity index (χ1) is 9.99. The molecular formula is C17H20F2N2. The Balaban J connectivity index is 2.16. The number of benzene rings is 2. The first-order valence-corrected chi connectivity index (χ1v) is 6.95. The predicted molar refractivity (Wildman–Crippen MR) is 80.8 cm³/mol. The first-order valence-electron chi connectivity index (χ1n) is 6.95. The van der Waals surface area contributed by atoms with Crippen molar-refractivity contribution in [2.75, 3.05) is 0 Å². The van der Waals surface area contributed by atoms with Crippen LogP contribution in [0.5, 0.6) is 0 Å². The fourth-order valence-corrected chi connectivity index (χ4v) is 2.44. The maximum atomic E-state index is 13.7. The van der Waals surface area contributed by atoms with Crippen molar-refractivity contribution in [1.82, 2.24) is 5.43 Å². The van der Waals surface area contributed by atoms with Gasteiger partial charge in [0, 0.05) is 6.04 Å². The van der Waals surface area contributed by atoms with E-state index in [2.05, 4.69) is 23.6 Å². The second-order valence-electron chi connectivity index (χ2n) is 5.44. The normalized spacial score (nSPS) is 12.4. The molecule has 0 aliphatic carbocycles. The van der Waals surface area contributed by atoms with E-state index in [0.717, 1.165) is 17.7 Å². The van der Waals surface area contributed by atoms with Crippen LogP contribution in [0.4, 0.5) is 8.78 Å². The van der Waals surface area contributed by atoms with E-state index >= 15 is 0 Å². The van der Waals surface area contributed by atoms with Crippen LogP contribution in [0.15, 0.2) is 36.4 Å². The highest BCUT2D eigenvalue weighted by Gasteiger charge is 2.14. The van der Waals surface area contributed by atoms with E-state index in [1.807, 2.05) is 13.8 Å². The van der Waals surface area contributed by atoms with Crippen LogP contribution in [0.2, 0.25) is 0 Å². The van der Waals surface area contributed by atoms with Crippen molar-refractivity contribution in [3.63, 3.8) is 0 Å². The van der Waals surface area contributed by atoms with Gasteiger partial charge in [0.25, 0.3) is 0 Å². The van der Waals surface area contributed by atoms with Crippen molar-refractivity contribution < 1.29 is 8.78 Å². The zero-order chi connectivity index (χ0) is 15.4. The standard InChI is InChI=1S/C17H20F2N2/c1-11-3-4-12(2)13(7-11)9-16(21-20)10-14-8-15(18)5-6-17(14)19/h3-8,16,21H,9-10,20H2,1-2H3. The maximum Gasteiger partial charge on any atom is 0.126 e. The molecule has 0 amide bonds. The third kappa shape index (κ3) is 4.09. The SMILES string of the molecule is Cc1ccc(C)c(CC(Cc2cc(F)ccc2F)NN)c1. The molecule has 0 spiro atoms. The largest absolute Gasteiger partial charge is 0.271 e. The highest BCUT2D eigenvalue weighted by Crippen LogP contribution is 2.17. The van der Waals surface area contributed by atoms with Crippen LogP contribution in [0, 0.1) is 25.5 Å². The van der Waals surface area contributed by atoms with Crippen LogP contribution >= 0.6 is 0 Å². The minimum Gasteiger partial charge on any atom is -0.271 e. The summed E-state index contributed by atoms with van der Waals surface area (Å²) >= 11 is 0. The quantitative estimate of drug-likeness (QED) is 0.655. The van der Waals surface area contributed by atoms with Crippen molar-refractivity contribution in [3.05, 3.63) is 70.3 Å². The Morgan fingerprint density at radius 3 is 2.43 bits per heavy atom. The number of hydrazine groups is 1. The number of rotatable bonds is 5. The molecule has 2 nitrogen and oxygen atoms in total. The molecule has 0 saturated heterocycles. The lowest BCUT2D eigenvalue weighted by atomic mass is 9.95. The van der Waals surface area contributed by atoms with Gasteiger partial charge in [-0.2, -0.15) is 0 Å². The van der Waals surface area contributed by atoms with Crippen molar-refractivity contribution in [2.24, 2.45) is 5.84 Å². The van der Waals surface area contributed by atoms with Gasteiger partial charge in [0.2, 0.25) is 0 Å². The van der Waals surface area contributed by atoms with Crippen LogP contribution < -0.4 is 11.3 Å². The van der Waals surface area contributed by atoms with E-state index in [1.165, 1.54) is 17.2 Å².